The Balaban J connectivity index is 3.20. The number of rotatable bonds is 2. The van der Waals surface area contributed by atoms with E-state index in [9.17, 15) is 13.2 Å². The molecule has 1 unspecified atom stereocenters. The average molecular weight is 189 g/mol. The van der Waals surface area contributed by atoms with Crippen molar-refractivity contribution >= 4 is 0 Å². The molecule has 0 heterocycles. The fraction of sp³-hybridized carbons (Fsp3) is 0.333. The van der Waals surface area contributed by atoms with Gasteiger partial charge in [0.1, 0.15) is 5.82 Å². The zero-order chi connectivity index (χ0) is 10.0. The minimum atomic E-state index is -1.20. The van der Waals surface area contributed by atoms with Gasteiger partial charge in [0, 0.05) is 17.7 Å². The zero-order valence-electron chi connectivity index (χ0n) is 7.15. The third kappa shape index (κ3) is 2.01. The second kappa shape index (κ2) is 3.79. The Labute approximate surface area is 74.4 Å². The van der Waals surface area contributed by atoms with Crippen molar-refractivity contribution in [1.29, 1.82) is 0 Å². The molecule has 0 aromatic heterocycles. The van der Waals surface area contributed by atoms with E-state index in [1.165, 1.54) is 0 Å². The van der Waals surface area contributed by atoms with Gasteiger partial charge in [-0.2, -0.15) is 0 Å². The van der Waals surface area contributed by atoms with Crippen LogP contribution in [0.5, 0.6) is 0 Å². The molecule has 0 spiro atoms. The minimum Gasteiger partial charge on any atom is -0.324 e. The molecule has 0 saturated heterocycles. The Morgan fingerprint density at radius 2 is 1.92 bits per heavy atom. The number of hydrogen-bond donors (Lipinski definition) is 1. The quantitative estimate of drug-likeness (QED) is 0.711. The van der Waals surface area contributed by atoms with Crippen LogP contribution in [0.25, 0.3) is 0 Å². The van der Waals surface area contributed by atoms with Crippen molar-refractivity contribution in [2.45, 2.75) is 19.4 Å². The lowest BCUT2D eigenvalue weighted by atomic mass is 10.0. The summed E-state index contributed by atoms with van der Waals surface area (Å²) in [4.78, 5) is 0. The molecule has 0 radical (unpaired) electrons. The lowest BCUT2D eigenvalue weighted by Crippen LogP contribution is -2.12. The van der Waals surface area contributed by atoms with Crippen molar-refractivity contribution in [3.8, 4) is 0 Å². The zero-order valence-corrected chi connectivity index (χ0v) is 7.15. The summed E-state index contributed by atoms with van der Waals surface area (Å²) in [5.41, 5.74) is 5.35. The van der Waals surface area contributed by atoms with E-state index in [0.717, 1.165) is 6.07 Å². The molecule has 0 saturated carbocycles. The van der Waals surface area contributed by atoms with Gasteiger partial charge >= 0.3 is 0 Å². The molecule has 4 heteroatoms. The van der Waals surface area contributed by atoms with Crippen LogP contribution in [-0.2, 0) is 0 Å². The minimum absolute atomic E-state index is 0.111. The highest BCUT2D eigenvalue weighted by Crippen LogP contribution is 2.21. The van der Waals surface area contributed by atoms with Crippen LogP contribution in [0.2, 0.25) is 0 Å². The topological polar surface area (TPSA) is 26.0 Å². The van der Waals surface area contributed by atoms with Crippen LogP contribution in [0.15, 0.2) is 12.1 Å². The summed E-state index contributed by atoms with van der Waals surface area (Å²) in [5.74, 6) is -3.06. The fourth-order valence-electron chi connectivity index (χ4n) is 1.07. The van der Waals surface area contributed by atoms with Crippen LogP contribution in [0.4, 0.5) is 13.2 Å². The largest absolute Gasteiger partial charge is 0.324 e. The lowest BCUT2D eigenvalue weighted by Gasteiger charge is -2.10. The van der Waals surface area contributed by atoms with Crippen molar-refractivity contribution in [2.75, 3.05) is 0 Å². The summed E-state index contributed by atoms with van der Waals surface area (Å²) in [7, 11) is 0. The Bertz CT molecular complexity index is 312. The van der Waals surface area contributed by atoms with E-state index in [4.69, 9.17) is 5.73 Å². The number of hydrogen-bond acceptors (Lipinski definition) is 1. The predicted molar refractivity (Wildman–Crippen MR) is 43.5 cm³/mol. The smallest absolute Gasteiger partial charge is 0.163 e. The molecule has 0 fully saturated rings. The maximum Gasteiger partial charge on any atom is 0.163 e. The van der Waals surface area contributed by atoms with Crippen LogP contribution in [0.3, 0.4) is 0 Å². The summed E-state index contributed by atoms with van der Waals surface area (Å²) in [6.45, 7) is 1.72. The van der Waals surface area contributed by atoms with Crippen molar-refractivity contribution in [1.82, 2.24) is 0 Å². The first-order valence-electron chi connectivity index (χ1n) is 3.96. The summed E-state index contributed by atoms with van der Waals surface area (Å²) >= 11 is 0. The van der Waals surface area contributed by atoms with Crippen molar-refractivity contribution in [2.24, 2.45) is 5.73 Å². The molecule has 1 aromatic carbocycles. The third-order valence-corrected chi connectivity index (χ3v) is 1.86. The summed E-state index contributed by atoms with van der Waals surface area (Å²) in [6, 6.07) is 0.763. The van der Waals surface area contributed by atoms with Crippen molar-refractivity contribution < 1.29 is 13.2 Å². The number of benzene rings is 1. The summed E-state index contributed by atoms with van der Waals surface area (Å²) in [5, 5.41) is 0. The molecular weight excluding hydrogens is 179 g/mol. The molecule has 13 heavy (non-hydrogen) atoms. The molecule has 0 amide bonds. The SMILES string of the molecule is CCC(N)c1cc(F)cc(F)c1F. The first-order valence-corrected chi connectivity index (χ1v) is 3.96. The van der Waals surface area contributed by atoms with Gasteiger partial charge in [0.2, 0.25) is 0 Å². The highest BCUT2D eigenvalue weighted by atomic mass is 19.2. The molecule has 0 aliphatic heterocycles. The molecular formula is C9H10F3N. The molecule has 2 N–H and O–H groups in total. The van der Waals surface area contributed by atoms with E-state index in [1.807, 2.05) is 0 Å². The summed E-state index contributed by atoms with van der Waals surface area (Å²) in [6.07, 6.45) is 0.430. The normalized spacial score (nSPS) is 13.0. The van der Waals surface area contributed by atoms with E-state index >= 15 is 0 Å². The van der Waals surface area contributed by atoms with Crippen molar-refractivity contribution in [3.05, 3.63) is 35.1 Å². The Hall–Kier alpha value is -1.03. The van der Waals surface area contributed by atoms with E-state index in [1.54, 1.807) is 6.92 Å². The molecule has 0 bridgehead atoms. The van der Waals surface area contributed by atoms with Gasteiger partial charge in [-0.15, -0.1) is 0 Å². The van der Waals surface area contributed by atoms with E-state index in [-0.39, 0.29) is 5.56 Å². The monoisotopic (exact) mass is 189 g/mol. The van der Waals surface area contributed by atoms with E-state index in [0.29, 0.717) is 12.5 Å². The average Bonchev–Trinajstić information content (AvgIpc) is 2.10. The van der Waals surface area contributed by atoms with Gasteiger partial charge in [-0.3, -0.25) is 0 Å². The number of halogens is 3. The summed E-state index contributed by atoms with van der Waals surface area (Å²) < 4.78 is 38.3. The molecule has 1 rings (SSSR count). The first-order chi connectivity index (χ1) is 6.06. The van der Waals surface area contributed by atoms with Crippen LogP contribution < -0.4 is 5.73 Å². The van der Waals surface area contributed by atoms with Gasteiger partial charge < -0.3 is 5.73 Å². The maximum absolute atomic E-state index is 13.0. The second-order valence-electron chi connectivity index (χ2n) is 2.81. The molecule has 0 aliphatic carbocycles. The predicted octanol–water partition coefficient (Wildman–Crippen LogP) is 2.51. The van der Waals surface area contributed by atoms with Gasteiger partial charge in [-0.1, -0.05) is 6.92 Å². The molecule has 1 nitrogen and oxygen atoms in total. The van der Waals surface area contributed by atoms with Crippen LogP contribution in [-0.4, -0.2) is 0 Å². The van der Waals surface area contributed by atoms with E-state index < -0.39 is 23.5 Å². The van der Waals surface area contributed by atoms with Crippen molar-refractivity contribution in [3.63, 3.8) is 0 Å². The van der Waals surface area contributed by atoms with Gasteiger partial charge in [0.15, 0.2) is 11.6 Å². The third-order valence-electron chi connectivity index (χ3n) is 1.86. The Morgan fingerprint density at radius 3 is 2.46 bits per heavy atom. The first kappa shape index (κ1) is 10.1. The molecule has 1 atom stereocenters. The highest BCUT2D eigenvalue weighted by Gasteiger charge is 2.15. The van der Waals surface area contributed by atoms with Crippen LogP contribution in [0.1, 0.15) is 24.9 Å². The fourth-order valence-corrected chi connectivity index (χ4v) is 1.07. The standard InChI is InChI=1S/C9H10F3N/c1-2-8(13)6-3-5(10)4-7(11)9(6)12/h3-4,8H,2,13H2,1H3. The van der Waals surface area contributed by atoms with Crippen LogP contribution in [0, 0.1) is 17.5 Å². The second-order valence-corrected chi connectivity index (χ2v) is 2.81. The highest BCUT2D eigenvalue weighted by molar-refractivity contribution is 5.23. The van der Waals surface area contributed by atoms with Crippen LogP contribution >= 0.6 is 0 Å². The Kier molecular flexibility index (Phi) is 2.93. The molecule has 0 aliphatic rings. The lowest BCUT2D eigenvalue weighted by molar-refractivity contribution is 0.473. The van der Waals surface area contributed by atoms with Gasteiger partial charge in [-0.25, -0.2) is 13.2 Å². The number of nitrogens with two attached hydrogens (primary N) is 1. The van der Waals surface area contributed by atoms with Gasteiger partial charge in [0.25, 0.3) is 0 Å². The maximum atomic E-state index is 13.0. The van der Waals surface area contributed by atoms with E-state index in [2.05, 4.69) is 0 Å². The van der Waals surface area contributed by atoms with Gasteiger partial charge in [0.05, 0.1) is 0 Å². The Morgan fingerprint density at radius 1 is 1.31 bits per heavy atom. The molecule has 72 valence electrons. The molecule has 1 aromatic rings. The van der Waals surface area contributed by atoms with Gasteiger partial charge in [-0.05, 0) is 12.5 Å².